The van der Waals surface area contributed by atoms with Gasteiger partial charge in [-0.05, 0) is 56.0 Å². The number of anilines is 1. The molecule has 2 heterocycles. The first-order valence-corrected chi connectivity index (χ1v) is 12.9. The highest BCUT2D eigenvalue weighted by molar-refractivity contribution is 7.89. The van der Waals surface area contributed by atoms with Gasteiger partial charge in [0.15, 0.2) is 5.82 Å². The second-order valence-corrected chi connectivity index (χ2v) is 10.9. The molecule has 0 spiro atoms. The number of piperazine rings is 1. The summed E-state index contributed by atoms with van der Waals surface area (Å²) in [4.78, 5) is 16.9. The van der Waals surface area contributed by atoms with Gasteiger partial charge in [-0.2, -0.15) is 0 Å². The third kappa shape index (κ3) is 5.44. The summed E-state index contributed by atoms with van der Waals surface area (Å²) in [7, 11) is -0.550. The van der Waals surface area contributed by atoms with Crippen molar-refractivity contribution in [2.45, 2.75) is 43.1 Å². The van der Waals surface area contributed by atoms with Gasteiger partial charge in [0.2, 0.25) is 15.9 Å². The molecular weight excluding hydrogens is 442 g/mol. The molecule has 1 aromatic heterocycles. The van der Waals surface area contributed by atoms with Crippen LogP contribution in [0.5, 0.6) is 5.88 Å². The van der Waals surface area contributed by atoms with Gasteiger partial charge in [-0.15, -0.1) is 10.2 Å². The number of hydrogen-bond acceptors (Lipinski definition) is 7. The molecule has 1 saturated carbocycles. The quantitative estimate of drug-likeness (QED) is 0.636. The van der Waals surface area contributed by atoms with Crippen LogP contribution in [0.1, 0.15) is 42.5 Å². The molecule has 9 nitrogen and oxygen atoms in total. The topological polar surface area (TPSA) is 95.9 Å². The van der Waals surface area contributed by atoms with E-state index >= 15 is 0 Å². The second-order valence-electron chi connectivity index (χ2n) is 8.70. The molecule has 4 rings (SSSR count). The summed E-state index contributed by atoms with van der Waals surface area (Å²) >= 11 is 0. The van der Waals surface area contributed by atoms with E-state index in [4.69, 9.17) is 4.74 Å². The van der Waals surface area contributed by atoms with Crippen molar-refractivity contribution in [1.29, 1.82) is 0 Å². The second kappa shape index (κ2) is 10.0. The molecule has 33 heavy (non-hydrogen) atoms. The first-order valence-electron chi connectivity index (χ1n) is 11.4. The van der Waals surface area contributed by atoms with E-state index < -0.39 is 10.0 Å². The Morgan fingerprint density at radius 1 is 0.939 bits per heavy atom. The highest BCUT2D eigenvalue weighted by Gasteiger charge is 2.24. The van der Waals surface area contributed by atoms with Gasteiger partial charge in [-0.25, -0.2) is 12.7 Å². The molecule has 1 saturated heterocycles. The smallest absolute Gasteiger partial charge is 0.253 e. The Hall–Kier alpha value is -2.72. The molecule has 1 aromatic carbocycles. The van der Waals surface area contributed by atoms with E-state index in [0.29, 0.717) is 37.6 Å². The molecule has 1 aliphatic heterocycles. The van der Waals surface area contributed by atoms with Gasteiger partial charge in [0.1, 0.15) is 6.10 Å². The highest BCUT2D eigenvalue weighted by Crippen LogP contribution is 2.23. The molecule has 2 aliphatic rings. The average Bonchev–Trinajstić information content (AvgIpc) is 2.85. The Labute approximate surface area is 195 Å². The van der Waals surface area contributed by atoms with Gasteiger partial charge in [0.05, 0.1) is 4.90 Å². The number of hydrogen-bond donors (Lipinski definition) is 0. The Bertz CT molecular complexity index is 1040. The van der Waals surface area contributed by atoms with E-state index in [1.807, 2.05) is 12.1 Å². The zero-order valence-corrected chi connectivity index (χ0v) is 20.0. The number of carbonyl (C=O) groups excluding carboxylic acids is 1. The largest absolute Gasteiger partial charge is 0.473 e. The zero-order valence-electron chi connectivity index (χ0n) is 19.2. The van der Waals surface area contributed by atoms with Gasteiger partial charge >= 0.3 is 0 Å². The minimum absolute atomic E-state index is 0.106. The fraction of sp³-hybridized carbons (Fsp3) is 0.522. The molecular formula is C23H31N5O4S. The van der Waals surface area contributed by atoms with Gasteiger partial charge < -0.3 is 14.5 Å². The lowest BCUT2D eigenvalue weighted by Crippen LogP contribution is -2.49. The van der Waals surface area contributed by atoms with E-state index in [1.165, 1.54) is 45.5 Å². The lowest BCUT2D eigenvalue weighted by molar-refractivity contribution is 0.0746. The Balaban J connectivity index is 1.31. The van der Waals surface area contributed by atoms with Crippen LogP contribution in [0.3, 0.4) is 0 Å². The Morgan fingerprint density at radius 2 is 1.61 bits per heavy atom. The van der Waals surface area contributed by atoms with Gasteiger partial charge in [0.25, 0.3) is 5.91 Å². The third-order valence-electron chi connectivity index (χ3n) is 6.24. The van der Waals surface area contributed by atoms with Crippen LogP contribution in [-0.2, 0) is 10.0 Å². The predicted octanol–water partition coefficient (Wildman–Crippen LogP) is 2.40. The molecule has 2 aromatic rings. The van der Waals surface area contributed by atoms with Crippen molar-refractivity contribution in [3.8, 4) is 5.88 Å². The zero-order chi connectivity index (χ0) is 23.4. The summed E-state index contributed by atoms with van der Waals surface area (Å²) in [6.07, 6.45) is 6.09. The molecule has 0 unspecified atom stereocenters. The molecule has 0 N–H and O–H groups in total. The predicted molar refractivity (Wildman–Crippen MR) is 125 cm³/mol. The van der Waals surface area contributed by atoms with E-state index in [9.17, 15) is 13.2 Å². The van der Waals surface area contributed by atoms with Crippen LogP contribution in [0, 0.1) is 0 Å². The van der Waals surface area contributed by atoms with Crippen LogP contribution in [0.15, 0.2) is 41.3 Å². The lowest BCUT2D eigenvalue weighted by Gasteiger charge is -2.35. The molecule has 1 aliphatic carbocycles. The molecule has 0 atom stereocenters. The summed E-state index contributed by atoms with van der Waals surface area (Å²) in [6.45, 7) is 2.41. The monoisotopic (exact) mass is 473 g/mol. The fourth-order valence-electron chi connectivity index (χ4n) is 4.20. The molecule has 0 radical (unpaired) electrons. The molecule has 0 bridgehead atoms. The van der Waals surface area contributed by atoms with Crippen LogP contribution in [0.2, 0.25) is 0 Å². The van der Waals surface area contributed by atoms with Crippen molar-refractivity contribution in [2.75, 3.05) is 45.2 Å². The maximum atomic E-state index is 12.9. The van der Waals surface area contributed by atoms with Crippen LogP contribution in [0.4, 0.5) is 5.82 Å². The van der Waals surface area contributed by atoms with Crippen LogP contribution in [-0.4, -0.2) is 80.1 Å². The number of amides is 1. The molecule has 10 heteroatoms. The minimum Gasteiger partial charge on any atom is -0.473 e. The fourth-order valence-corrected chi connectivity index (χ4v) is 5.10. The third-order valence-corrected chi connectivity index (χ3v) is 8.07. The highest BCUT2D eigenvalue weighted by atomic mass is 32.2. The maximum absolute atomic E-state index is 12.9. The summed E-state index contributed by atoms with van der Waals surface area (Å²) in [5.41, 5.74) is 0.477. The van der Waals surface area contributed by atoms with E-state index in [2.05, 4.69) is 15.1 Å². The number of benzene rings is 1. The van der Waals surface area contributed by atoms with E-state index in [0.717, 1.165) is 23.0 Å². The van der Waals surface area contributed by atoms with E-state index in [1.54, 1.807) is 17.0 Å². The van der Waals surface area contributed by atoms with Crippen molar-refractivity contribution in [3.63, 3.8) is 0 Å². The van der Waals surface area contributed by atoms with Crippen molar-refractivity contribution >= 4 is 21.7 Å². The van der Waals surface area contributed by atoms with Crippen LogP contribution in [0.25, 0.3) is 0 Å². The number of rotatable bonds is 6. The van der Waals surface area contributed by atoms with Gasteiger partial charge in [0, 0.05) is 51.9 Å². The number of sulfonamides is 1. The first-order chi connectivity index (χ1) is 15.8. The first kappa shape index (κ1) is 23.4. The van der Waals surface area contributed by atoms with Crippen molar-refractivity contribution < 1.29 is 17.9 Å². The molecule has 178 valence electrons. The Morgan fingerprint density at radius 3 is 2.18 bits per heavy atom. The molecule has 1 amide bonds. The summed E-state index contributed by atoms with van der Waals surface area (Å²) in [5.74, 6) is 1.24. The number of aromatic nitrogens is 2. The van der Waals surface area contributed by atoms with Crippen LogP contribution < -0.4 is 9.64 Å². The Kier molecular flexibility index (Phi) is 7.14. The summed E-state index contributed by atoms with van der Waals surface area (Å²) in [6, 6.07) is 9.89. The summed E-state index contributed by atoms with van der Waals surface area (Å²) < 4.78 is 31.5. The van der Waals surface area contributed by atoms with E-state index in [-0.39, 0.29) is 16.9 Å². The van der Waals surface area contributed by atoms with Crippen LogP contribution >= 0.6 is 0 Å². The van der Waals surface area contributed by atoms with Crippen molar-refractivity contribution in [2.24, 2.45) is 0 Å². The SMILES string of the molecule is CN(C)S(=O)(=O)c1ccc(C(=O)N2CCN(c3ccc(OC4CCCCC4)nn3)CC2)cc1. The number of ether oxygens (including phenoxy) is 1. The normalized spacial score (nSPS) is 17.9. The van der Waals surface area contributed by atoms with Gasteiger partial charge in [-0.1, -0.05) is 6.42 Å². The standard InChI is InChI=1S/C23H31N5O4S/c1-26(2)33(30,31)20-10-8-18(9-11-20)23(29)28-16-14-27(15-17-28)21-12-13-22(25-24-21)32-19-6-4-3-5-7-19/h8-13,19H,3-7,14-17H2,1-2H3. The number of nitrogens with zero attached hydrogens (tertiary/aromatic N) is 5. The maximum Gasteiger partial charge on any atom is 0.253 e. The van der Waals surface area contributed by atoms with Crippen molar-refractivity contribution in [3.05, 3.63) is 42.0 Å². The van der Waals surface area contributed by atoms with Crippen molar-refractivity contribution in [1.82, 2.24) is 19.4 Å². The average molecular weight is 474 g/mol. The molecule has 2 fully saturated rings. The minimum atomic E-state index is -3.51. The summed E-state index contributed by atoms with van der Waals surface area (Å²) in [5, 5.41) is 8.57. The number of carbonyl (C=O) groups is 1. The lowest BCUT2D eigenvalue weighted by atomic mass is 9.98. The van der Waals surface area contributed by atoms with Gasteiger partial charge in [-0.3, -0.25) is 4.79 Å².